The highest BCUT2D eigenvalue weighted by Crippen LogP contribution is 2.21. The van der Waals surface area contributed by atoms with Crippen LogP contribution in [0.4, 0.5) is 0 Å². The molecule has 1 atom stereocenters. The Morgan fingerprint density at radius 3 is 2.67 bits per heavy atom. The molecular formula is C21H26ClN2O3+. The van der Waals surface area contributed by atoms with Crippen LogP contribution >= 0.6 is 11.6 Å². The fourth-order valence-corrected chi connectivity index (χ4v) is 3.47. The van der Waals surface area contributed by atoms with Gasteiger partial charge in [0.25, 0.3) is 5.91 Å². The number of quaternary nitrogens is 1. The first-order chi connectivity index (χ1) is 13.1. The van der Waals surface area contributed by atoms with Crippen molar-refractivity contribution in [3.8, 4) is 5.75 Å². The molecule has 1 fully saturated rings. The summed E-state index contributed by atoms with van der Waals surface area (Å²) in [4.78, 5) is 14.0. The lowest BCUT2D eigenvalue weighted by molar-refractivity contribution is -0.909. The second kappa shape index (κ2) is 9.74. The van der Waals surface area contributed by atoms with Crippen LogP contribution in [-0.4, -0.2) is 45.4 Å². The van der Waals surface area contributed by atoms with Crippen molar-refractivity contribution in [2.45, 2.75) is 13.0 Å². The van der Waals surface area contributed by atoms with Crippen LogP contribution < -0.4 is 15.0 Å². The van der Waals surface area contributed by atoms with Crippen LogP contribution in [0, 0.1) is 6.92 Å². The molecule has 2 N–H and O–H groups in total. The smallest absolute Gasteiger partial charge is 0.258 e. The summed E-state index contributed by atoms with van der Waals surface area (Å²) in [5, 5.41) is 3.78. The molecule has 6 heteroatoms. The van der Waals surface area contributed by atoms with Gasteiger partial charge in [0, 0.05) is 5.02 Å². The maximum Gasteiger partial charge on any atom is 0.258 e. The van der Waals surface area contributed by atoms with E-state index in [2.05, 4.69) is 17.4 Å². The van der Waals surface area contributed by atoms with E-state index in [4.69, 9.17) is 21.1 Å². The molecule has 1 aliphatic rings. The fraction of sp³-hybridized carbons (Fsp3) is 0.381. The molecule has 2 aromatic carbocycles. The molecule has 5 nitrogen and oxygen atoms in total. The zero-order valence-corrected chi connectivity index (χ0v) is 16.3. The van der Waals surface area contributed by atoms with Crippen LogP contribution in [0.3, 0.4) is 0 Å². The van der Waals surface area contributed by atoms with Crippen molar-refractivity contribution in [3.05, 3.63) is 64.7 Å². The second-order valence-electron chi connectivity index (χ2n) is 6.80. The average Bonchev–Trinajstić information content (AvgIpc) is 2.68. The first-order valence-corrected chi connectivity index (χ1v) is 9.64. The number of hydrogen-bond donors (Lipinski definition) is 2. The Morgan fingerprint density at radius 2 is 1.96 bits per heavy atom. The topological polar surface area (TPSA) is 52.0 Å². The number of morpholine rings is 1. The zero-order valence-electron chi connectivity index (χ0n) is 15.5. The van der Waals surface area contributed by atoms with Crippen molar-refractivity contribution in [1.82, 2.24) is 5.32 Å². The van der Waals surface area contributed by atoms with E-state index in [1.54, 1.807) is 12.1 Å². The van der Waals surface area contributed by atoms with Gasteiger partial charge in [0.2, 0.25) is 0 Å². The summed E-state index contributed by atoms with van der Waals surface area (Å²) in [6.45, 7) is 6.17. The van der Waals surface area contributed by atoms with Gasteiger partial charge in [-0.1, -0.05) is 41.9 Å². The third-order valence-corrected chi connectivity index (χ3v) is 4.96. The maximum atomic E-state index is 12.5. The van der Waals surface area contributed by atoms with E-state index in [-0.39, 0.29) is 18.6 Å². The van der Waals surface area contributed by atoms with Gasteiger partial charge in [-0.15, -0.1) is 0 Å². The van der Waals surface area contributed by atoms with Gasteiger partial charge in [-0.3, -0.25) is 4.79 Å². The Balaban J connectivity index is 1.61. The highest BCUT2D eigenvalue weighted by molar-refractivity contribution is 6.30. The summed E-state index contributed by atoms with van der Waals surface area (Å²) in [5.74, 6) is 0.537. The normalized spacial score (nSPS) is 15.9. The molecule has 1 amide bonds. The van der Waals surface area contributed by atoms with Crippen molar-refractivity contribution in [2.75, 3.05) is 39.5 Å². The summed E-state index contributed by atoms with van der Waals surface area (Å²) in [7, 11) is 0. The van der Waals surface area contributed by atoms with Gasteiger partial charge in [-0.05, 0) is 36.2 Å². The van der Waals surface area contributed by atoms with Crippen LogP contribution in [0.5, 0.6) is 5.75 Å². The van der Waals surface area contributed by atoms with E-state index in [1.165, 1.54) is 4.90 Å². The van der Waals surface area contributed by atoms with Crippen molar-refractivity contribution in [1.29, 1.82) is 0 Å². The number of halogens is 1. The molecule has 0 unspecified atom stereocenters. The molecule has 0 saturated carbocycles. The minimum Gasteiger partial charge on any atom is -0.484 e. The fourth-order valence-electron chi connectivity index (χ4n) is 3.24. The summed E-state index contributed by atoms with van der Waals surface area (Å²) in [5.41, 5.74) is 2.01. The number of nitrogens with one attached hydrogen (secondary N) is 2. The zero-order chi connectivity index (χ0) is 19.1. The molecule has 3 rings (SSSR count). The van der Waals surface area contributed by atoms with Crippen LogP contribution in [0.25, 0.3) is 0 Å². The number of benzene rings is 2. The van der Waals surface area contributed by atoms with Gasteiger partial charge in [0.15, 0.2) is 6.61 Å². The van der Waals surface area contributed by atoms with E-state index in [0.29, 0.717) is 10.8 Å². The molecule has 0 aliphatic carbocycles. The van der Waals surface area contributed by atoms with Crippen LogP contribution in [0.2, 0.25) is 5.02 Å². The molecule has 1 aliphatic heterocycles. The Labute approximate surface area is 165 Å². The molecule has 0 radical (unpaired) electrons. The first-order valence-electron chi connectivity index (χ1n) is 9.26. The molecule has 2 aromatic rings. The monoisotopic (exact) mass is 389 g/mol. The van der Waals surface area contributed by atoms with Gasteiger partial charge >= 0.3 is 0 Å². The van der Waals surface area contributed by atoms with E-state index in [0.717, 1.165) is 44.0 Å². The Kier molecular flexibility index (Phi) is 7.10. The molecular weight excluding hydrogens is 364 g/mol. The van der Waals surface area contributed by atoms with E-state index in [9.17, 15) is 4.79 Å². The number of carbonyl (C=O) groups excluding carboxylic acids is 1. The number of ether oxygens (including phenoxy) is 2. The Hall–Kier alpha value is -2.08. The Morgan fingerprint density at radius 1 is 1.22 bits per heavy atom. The number of amides is 1. The Bertz CT molecular complexity index is 748. The minimum atomic E-state index is -0.133. The SMILES string of the molecule is Cc1cc(Cl)ccc1OCC(=O)N[C@@H](C[NH+]1CCOCC1)c1ccccc1. The molecule has 27 heavy (non-hydrogen) atoms. The number of carbonyl (C=O) groups is 1. The van der Waals surface area contributed by atoms with Crippen molar-refractivity contribution < 1.29 is 19.2 Å². The van der Waals surface area contributed by atoms with Gasteiger partial charge in [0.05, 0.1) is 13.2 Å². The highest BCUT2D eigenvalue weighted by atomic mass is 35.5. The maximum absolute atomic E-state index is 12.5. The lowest BCUT2D eigenvalue weighted by Crippen LogP contribution is -3.14. The predicted octanol–water partition coefficient (Wildman–Crippen LogP) is 1.80. The summed E-state index contributed by atoms with van der Waals surface area (Å²) in [6.07, 6.45) is 0. The summed E-state index contributed by atoms with van der Waals surface area (Å²) < 4.78 is 11.1. The molecule has 1 saturated heterocycles. The number of hydrogen-bond acceptors (Lipinski definition) is 3. The summed E-state index contributed by atoms with van der Waals surface area (Å²) in [6, 6.07) is 15.4. The van der Waals surface area contributed by atoms with Crippen LogP contribution in [0.15, 0.2) is 48.5 Å². The van der Waals surface area contributed by atoms with E-state index < -0.39 is 0 Å². The average molecular weight is 390 g/mol. The first kappa shape index (κ1) is 19.7. The van der Waals surface area contributed by atoms with Crippen LogP contribution in [-0.2, 0) is 9.53 Å². The van der Waals surface area contributed by atoms with Gasteiger partial charge in [-0.25, -0.2) is 0 Å². The lowest BCUT2D eigenvalue weighted by atomic mass is 10.1. The van der Waals surface area contributed by atoms with Crippen LogP contribution in [0.1, 0.15) is 17.2 Å². The van der Waals surface area contributed by atoms with Gasteiger partial charge < -0.3 is 19.7 Å². The lowest BCUT2D eigenvalue weighted by Gasteiger charge is -2.28. The largest absolute Gasteiger partial charge is 0.484 e. The van der Waals surface area contributed by atoms with Gasteiger partial charge in [0.1, 0.15) is 31.4 Å². The minimum absolute atomic E-state index is 0.0236. The third-order valence-electron chi connectivity index (χ3n) is 4.73. The molecule has 144 valence electrons. The summed E-state index contributed by atoms with van der Waals surface area (Å²) >= 11 is 5.96. The molecule has 0 spiro atoms. The third kappa shape index (κ3) is 5.96. The standard InChI is InChI=1S/C21H25ClN2O3/c1-16-13-18(22)7-8-20(16)27-15-21(25)23-19(17-5-3-2-4-6-17)14-24-9-11-26-12-10-24/h2-8,13,19H,9-12,14-15H2,1H3,(H,23,25)/p+1/t19-/m0/s1. The molecule has 0 aromatic heterocycles. The second-order valence-corrected chi connectivity index (χ2v) is 7.23. The number of rotatable bonds is 7. The van der Waals surface area contributed by atoms with E-state index >= 15 is 0 Å². The van der Waals surface area contributed by atoms with Crippen molar-refractivity contribution >= 4 is 17.5 Å². The van der Waals surface area contributed by atoms with E-state index in [1.807, 2.05) is 31.2 Å². The number of aryl methyl sites for hydroxylation is 1. The van der Waals surface area contributed by atoms with Gasteiger partial charge in [-0.2, -0.15) is 0 Å². The van der Waals surface area contributed by atoms with Crippen molar-refractivity contribution in [2.24, 2.45) is 0 Å². The van der Waals surface area contributed by atoms with Crippen molar-refractivity contribution in [3.63, 3.8) is 0 Å². The highest BCUT2D eigenvalue weighted by Gasteiger charge is 2.23. The predicted molar refractivity (Wildman–Crippen MR) is 105 cm³/mol. The molecule has 1 heterocycles. The molecule has 0 bridgehead atoms. The quantitative estimate of drug-likeness (QED) is 0.759.